The summed E-state index contributed by atoms with van der Waals surface area (Å²) in [5.41, 5.74) is 1.67. The third-order valence-corrected chi connectivity index (χ3v) is 3.49. The summed E-state index contributed by atoms with van der Waals surface area (Å²) in [6.07, 6.45) is 3.15. The highest BCUT2D eigenvalue weighted by Crippen LogP contribution is 2.21. The van der Waals surface area contributed by atoms with E-state index in [1.54, 1.807) is 4.90 Å². The molecule has 0 unspecified atom stereocenters. The van der Waals surface area contributed by atoms with Crippen LogP contribution in [0.1, 0.15) is 34.5 Å². The maximum atomic E-state index is 11.9. The van der Waals surface area contributed by atoms with Gasteiger partial charge in [0.1, 0.15) is 0 Å². The molecule has 0 bridgehead atoms. The van der Waals surface area contributed by atoms with Gasteiger partial charge < -0.3 is 10.0 Å². The second kappa shape index (κ2) is 6.02. The lowest BCUT2D eigenvalue weighted by atomic mass is 10.00. The van der Waals surface area contributed by atoms with Crippen molar-refractivity contribution in [2.24, 2.45) is 0 Å². The topological polar surface area (TPSA) is 70.5 Å². The van der Waals surface area contributed by atoms with Crippen molar-refractivity contribution in [3.8, 4) is 0 Å². The van der Waals surface area contributed by atoms with Crippen molar-refractivity contribution >= 4 is 23.5 Å². The Balaban J connectivity index is 2.18. The first-order valence-corrected chi connectivity index (χ1v) is 6.70. The molecule has 1 aromatic heterocycles. The van der Waals surface area contributed by atoms with Crippen molar-refractivity contribution in [2.75, 3.05) is 12.4 Å². The van der Waals surface area contributed by atoms with E-state index in [2.05, 4.69) is 4.98 Å². The van der Waals surface area contributed by atoms with E-state index in [1.165, 1.54) is 12.3 Å². The van der Waals surface area contributed by atoms with Gasteiger partial charge in [0.05, 0.1) is 5.56 Å². The van der Waals surface area contributed by atoms with Crippen LogP contribution in [0, 0.1) is 0 Å². The van der Waals surface area contributed by atoms with Gasteiger partial charge >= 0.3 is 5.97 Å². The Bertz CT molecular complexity index is 505. The van der Waals surface area contributed by atoms with Crippen LogP contribution >= 0.6 is 11.6 Å². The van der Waals surface area contributed by atoms with Crippen LogP contribution in [0.5, 0.6) is 0 Å². The van der Waals surface area contributed by atoms with Crippen LogP contribution in [0.2, 0.25) is 0 Å². The molecule has 19 heavy (non-hydrogen) atoms. The van der Waals surface area contributed by atoms with Crippen molar-refractivity contribution in [3.05, 3.63) is 29.1 Å². The smallest absolute Gasteiger partial charge is 0.336 e. The average Bonchev–Trinajstić information content (AvgIpc) is 2.43. The third kappa shape index (κ3) is 3.04. The number of fused-ring (bicyclic) bond motifs is 1. The minimum Gasteiger partial charge on any atom is -0.478 e. The van der Waals surface area contributed by atoms with E-state index < -0.39 is 5.97 Å². The number of hydrogen-bond donors (Lipinski definition) is 1. The molecular weight excluding hydrogens is 268 g/mol. The number of carboxylic acid groups (broad SMARTS) is 1. The van der Waals surface area contributed by atoms with E-state index in [4.69, 9.17) is 16.7 Å². The molecule has 102 valence electrons. The average molecular weight is 283 g/mol. The molecule has 1 aromatic rings. The number of carbonyl (C=O) groups is 2. The van der Waals surface area contributed by atoms with Crippen LogP contribution in [0.4, 0.5) is 0 Å². The van der Waals surface area contributed by atoms with E-state index in [0.717, 1.165) is 5.69 Å². The quantitative estimate of drug-likeness (QED) is 0.853. The normalized spacial score (nSPS) is 14.1. The summed E-state index contributed by atoms with van der Waals surface area (Å²) in [4.78, 5) is 29.0. The maximum absolute atomic E-state index is 11.9. The minimum atomic E-state index is -0.978. The predicted octanol–water partition coefficient (Wildman–Crippen LogP) is 1.68. The van der Waals surface area contributed by atoms with Crippen LogP contribution in [-0.4, -0.2) is 39.3 Å². The summed E-state index contributed by atoms with van der Waals surface area (Å²) >= 11 is 5.57. The molecule has 0 saturated carbocycles. The summed E-state index contributed by atoms with van der Waals surface area (Å²) in [5, 5.41) is 9.16. The van der Waals surface area contributed by atoms with E-state index in [0.29, 0.717) is 43.8 Å². The number of hydrogen-bond acceptors (Lipinski definition) is 3. The van der Waals surface area contributed by atoms with Gasteiger partial charge in [-0.25, -0.2) is 4.79 Å². The summed E-state index contributed by atoms with van der Waals surface area (Å²) in [5.74, 6) is -0.502. The number of carboxylic acids is 1. The van der Waals surface area contributed by atoms with Gasteiger partial charge in [-0.1, -0.05) is 0 Å². The number of amides is 1. The zero-order valence-corrected chi connectivity index (χ0v) is 11.2. The highest BCUT2D eigenvalue weighted by Gasteiger charge is 2.25. The van der Waals surface area contributed by atoms with Crippen LogP contribution in [0.3, 0.4) is 0 Å². The molecule has 0 aliphatic carbocycles. The maximum Gasteiger partial charge on any atom is 0.336 e. The van der Waals surface area contributed by atoms with E-state index >= 15 is 0 Å². The fourth-order valence-corrected chi connectivity index (χ4v) is 2.36. The Morgan fingerprint density at radius 2 is 2.26 bits per heavy atom. The van der Waals surface area contributed by atoms with E-state index in [-0.39, 0.29) is 11.5 Å². The van der Waals surface area contributed by atoms with Crippen molar-refractivity contribution in [1.82, 2.24) is 9.88 Å². The number of pyridine rings is 1. The molecule has 1 aliphatic rings. The molecule has 1 aliphatic heterocycles. The summed E-state index contributed by atoms with van der Waals surface area (Å²) in [7, 11) is 0. The number of aromatic nitrogens is 1. The lowest BCUT2D eigenvalue weighted by Gasteiger charge is -2.29. The zero-order chi connectivity index (χ0) is 13.8. The molecule has 2 rings (SSSR count). The lowest BCUT2D eigenvalue weighted by Crippen LogP contribution is -2.37. The standard InChI is InChI=1S/C13H15ClN2O3/c14-5-1-2-12(17)16-7-4-11-10(8-16)9(13(18)19)3-6-15-11/h3,6H,1-2,4-5,7-8H2,(H,18,19). The lowest BCUT2D eigenvalue weighted by molar-refractivity contribution is -0.132. The van der Waals surface area contributed by atoms with Gasteiger partial charge in [-0.15, -0.1) is 11.6 Å². The first-order chi connectivity index (χ1) is 9.13. The SMILES string of the molecule is O=C(O)c1ccnc2c1CN(C(=O)CCCCl)CC2. The van der Waals surface area contributed by atoms with Crippen LogP contribution in [0.15, 0.2) is 12.3 Å². The number of carbonyl (C=O) groups excluding carboxylic acids is 1. The van der Waals surface area contributed by atoms with Gasteiger partial charge in [0, 0.05) is 49.3 Å². The minimum absolute atomic E-state index is 0.0199. The Hall–Kier alpha value is -1.62. The first kappa shape index (κ1) is 13.8. The summed E-state index contributed by atoms with van der Waals surface area (Å²) < 4.78 is 0. The highest BCUT2D eigenvalue weighted by molar-refractivity contribution is 6.17. The van der Waals surface area contributed by atoms with Gasteiger partial charge in [0.25, 0.3) is 0 Å². The molecule has 0 aromatic carbocycles. The Kier molecular flexibility index (Phi) is 4.37. The Morgan fingerprint density at radius 1 is 1.47 bits per heavy atom. The Morgan fingerprint density at radius 3 is 2.95 bits per heavy atom. The second-order valence-electron chi connectivity index (χ2n) is 4.45. The first-order valence-electron chi connectivity index (χ1n) is 6.17. The second-order valence-corrected chi connectivity index (χ2v) is 4.82. The van der Waals surface area contributed by atoms with E-state index in [9.17, 15) is 9.59 Å². The molecule has 0 fully saturated rings. The molecule has 1 amide bonds. The molecule has 6 heteroatoms. The molecule has 0 atom stereocenters. The number of halogens is 1. The number of nitrogens with zero attached hydrogens (tertiary/aromatic N) is 2. The van der Waals surface area contributed by atoms with Crippen molar-refractivity contribution in [3.63, 3.8) is 0 Å². The van der Waals surface area contributed by atoms with Crippen LogP contribution in [-0.2, 0) is 17.8 Å². The van der Waals surface area contributed by atoms with Crippen LogP contribution < -0.4 is 0 Å². The predicted molar refractivity (Wildman–Crippen MR) is 70.3 cm³/mol. The molecular formula is C13H15ClN2O3. The molecule has 0 saturated heterocycles. The highest BCUT2D eigenvalue weighted by atomic mass is 35.5. The van der Waals surface area contributed by atoms with Gasteiger partial charge in [0.2, 0.25) is 5.91 Å². The zero-order valence-electron chi connectivity index (χ0n) is 10.4. The fourth-order valence-electron chi connectivity index (χ4n) is 2.23. The van der Waals surface area contributed by atoms with Gasteiger partial charge in [-0.3, -0.25) is 9.78 Å². The van der Waals surface area contributed by atoms with Gasteiger partial charge in [-0.05, 0) is 12.5 Å². The molecule has 5 nitrogen and oxygen atoms in total. The third-order valence-electron chi connectivity index (χ3n) is 3.22. The van der Waals surface area contributed by atoms with Gasteiger partial charge in [0.15, 0.2) is 0 Å². The Labute approximate surface area is 116 Å². The van der Waals surface area contributed by atoms with Crippen molar-refractivity contribution in [1.29, 1.82) is 0 Å². The van der Waals surface area contributed by atoms with Crippen molar-refractivity contribution in [2.45, 2.75) is 25.8 Å². The number of rotatable bonds is 4. The molecule has 1 N–H and O–H groups in total. The monoisotopic (exact) mass is 282 g/mol. The van der Waals surface area contributed by atoms with Crippen LogP contribution in [0.25, 0.3) is 0 Å². The van der Waals surface area contributed by atoms with Crippen molar-refractivity contribution < 1.29 is 14.7 Å². The van der Waals surface area contributed by atoms with E-state index in [1.807, 2.05) is 0 Å². The summed E-state index contributed by atoms with van der Waals surface area (Å²) in [6.45, 7) is 0.913. The van der Waals surface area contributed by atoms with Gasteiger partial charge in [-0.2, -0.15) is 0 Å². The summed E-state index contributed by atoms with van der Waals surface area (Å²) in [6, 6.07) is 1.48. The largest absolute Gasteiger partial charge is 0.478 e. The number of aromatic carboxylic acids is 1. The fraction of sp³-hybridized carbons (Fsp3) is 0.462. The molecule has 0 radical (unpaired) electrons. The molecule has 0 spiro atoms. The number of alkyl halides is 1. The molecule has 2 heterocycles.